The van der Waals surface area contributed by atoms with Crippen molar-refractivity contribution in [1.29, 1.82) is 0 Å². The molecule has 13 heavy (non-hydrogen) atoms. The Morgan fingerprint density at radius 3 is 2.00 bits per heavy atom. The van der Waals surface area contributed by atoms with E-state index in [0.717, 1.165) is 6.08 Å². The van der Waals surface area contributed by atoms with Gasteiger partial charge in [0.05, 0.1) is 0 Å². The van der Waals surface area contributed by atoms with Crippen LogP contribution in [0.3, 0.4) is 0 Å². The van der Waals surface area contributed by atoms with Gasteiger partial charge in [-0.05, 0) is 0 Å². The van der Waals surface area contributed by atoms with Gasteiger partial charge in [-0.25, -0.2) is 4.79 Å². The van der Waals surface area contributed by atoms with Crippen molar-refractivity contribution in [1.82, 2.24) is 0 Å². The molecule has 1 atom stereocenters. The third-order valence-corrected chi connectivity index (χ3v) is 1.35. The lowest BCUT2D eigenvalue weighted by atomic mass is 9.96. The number of hydrogen-bond acceptors (Lipinski definition) is 2. The molecule has 3 N–H and O–H groups in total. The summed E-state index contributed by atoms with van der Waals surface area (Å²) in [5, 5.41) is 8.21. The molecule has 0 spiro atoms. The summed E-state index contributed by atoms with van der Waals surface area (Å²) in [6, 6.07) is 0. The molecule has 7 heteroatoms. The molecule has 0 bridgehead atoms. The number of carboxylic acid groups (broad SMARTS) is 1. The second-order valence-electron chi connectivity index (χ2n) is 2.27. The maximum atomic E-state index is 12.0. The lowest BCUT2D eigenvalue weighted by Crippen LogP contribution is -2.59. The number of carbonyl (C=O) groups is 1. The maximum Gasteiger partial charge on any atom is 0.417 e. The topological polar surface area (TPSA) is 63.3 Å². The van der Waals surface area contributed by atoms with Crippen LogP contribution in [0.1, 0.15) is 6.42 Å². The summed E-state index contributed by atoms with van der Waals surface area (Å²) in [5.41, 5.74) is 1.42. The monoisotopic (exact) mass is 219 g/mol. The molecule has 0 rings (SSSR count). The molecule has 0 aromatic carbocycles. The van der Waals surface area contributed by atoms with Gasteiger partial charge >= 0.3 is 12.1 Å². The second kappa shape index (κ2) is 4.48. The number of rotatable bonds is 3. The van der Waals surface area contributed by atoms with Crippen LogP contribution in [-0.4, -0.2) is 22.8 Å². The minimum atomic E-state index is -4.97. The van der Waals surface area contributed by atoms with E-state index in [-0.39, 0.29) is 12.4 Å². The van der Waals surface area contributed by atoms with Crippen LogP contribution in [0.5, 0.6) is 0 Å². The van der Waals surface area contributed by atoms with Crippen molar-refractivity contribution in [3.63, 3.8) is 0 Å². The van der Waals surface area contributed by atoms with E-state index in [1.54, 1.807) is 0 Å². The van der Waals surface area contributed by atoms with Crippen LogP contribution in [0.15, 0.2) is 12.7 Å². The van der Waals surface area contributed by atoms with E-state index in [1.807, 2.05) is 0 Å². The van der Waals surface area contributed by atoms with E-state index < -0.39 is 24.1 Å². The first-order valence-corrected chi connectivity index (χ1v) is 2.95. The molecule has 0 amide bonds. The number of hydrogen-bond donors (Lipinski definition) is 2. The molecule has 0 saturated heterocycles. The van der Waals surface area contributed by atoms with Crippen LogP contribution in [0.4, 0.5) is 13.2 Å². The lowest BCUT2D eigenvalue weighted by molar-refractivity contribution is -0.201. The predicted molar refractivity (Wildman–Crippen MR) is 42.7 cm³/mol. The van der Waals surface area contributed by atoms with Gasteiger partial charge < -0.3 is 10.8 Å². The molecule has 0 aliphatic carbocycles. The van der Waals surface area contributed by atoms with Gasteiger partial charge in [-0.2, -0.15) is 13.2 Å². The molecule has 0 radical (unpaired) electrons. The van der Waals surface area contributed by atoms with Gasteiger partial charge in [0, 0.05) is 6.42 Å². The fourth-order valence-electron chi connectivity index (χ4n) is 0.552. The van der Waals surface area contributed by atoms with E-state index in [4.69, 9.17) is 5.11 Å². The molecule has 0 aliphatic heterocycles. The zero-order chi connectivity index (χ0) is 9.99. The molecule has 0 aliphatic rings. The van der Waals surface area contributed by atoms with Crippen LogP contribution < -0.4 is 5.73 Å². The Kier molecular flexibility index (Phi) is 5.08. The van der Waals surface area contributed by atoms with Crippen LogP contribution in [0.2, 0.25) is 0 Å². The Labute approximate surface area is 78.8 Å². The van der Waals surface area contributed by atoms with Crippen molar-refractivity contribution in [3.05, 3.63) is 12.7 Å². The van der Waals surface area contributed by atoms with E-state index in [9.17, 15) is 18.0 Å². The van der Waals surface area contributed by atoms with Gasteiger partial charge in [-0.15, -0.1) is 19.0 Å². The highest BCUT2D eigenvalue weighted by molar-refractivity contribution is 5.85. The Morgan fingerprint density at radius 2 is 1.92 bits per heavy atom. The number of carboxylic acids is 1. The number of halogens is 4. The van der Waals surface area contributed by atoms with E-state index in [1.165, 1.54) is 0 Å². The molecule has 1 unspecified atom stereocenters. The van der Waals surface area contributed by atoms with Gasteiger partial charge in [-0.3, -0.25) is 0 Å². The Morgan fingerprint density at radius 1 is 1.54 bits per heavy atom. The van der Waals surface area contributed by atoms with Gasteiger partial charge in [0.25, 0.3) is 0 Å². The van der Waals surface area contributed by atoms with Crippen LogP contribution >= 0.6 is 12.4 Å². The van der Waals surface area contributed by atoms with Crippen LogP contribution in [0, 0.1) is 0 Å². The molecular formula is C6H9ClF3NO2. The van der Waals surface area contributed by atoms with Crippen molar-refractivity contribution in [3.8, 4) is 0 Å². The predicted octanol–water partition coefficient (Wildman–Crippen LogP) is 1.33. The summed E-state index contributed by atoms with van der Waals surface area (Å²) in [6.07, 6.45) is -4.99. The number of alkyl halides is 3. The second-order valence-corrected chi connectivity index (χ2v) is 2.27. The van der Waals surface area contributed by atoms with Crippen molar-refractivity contribution in [2.75, 3.05) is 0 Å². The highest BCUT2D eigenvalue weighted by Crippen LogP contribution is 2.31. The van der Waals surface area contributed by atoms with Gasteiger partial charge in [0.1, 0.15) is 0 Å². The Hall–Kier alpha value is -0.750. The zero-order valence-corrected chi connectivity index (χ0v) is 7.28. The molecule has 0 aromatic rings. The minimum Gasteiger partial charge on any atom is -0.480 e. The fourth-order valence-corrected chi connectivity index (χ4v) is 0.552. The summed E-state index contributed by atoms with van der Waals surface area (Å²) >= 11 is 0. The third kappa shape index (κ3) is 2.89. The fraction of sp³-hybridized carbons (Fsp3) is 0.500. The summed E-state index contributed by atoms with van der Waals surface area (Å²) in [4.78, 5) is 10.2. The first kappa shape index (κ1) is 14.8. The molecular weight excluding hydrogens is 211 g/mol. The summed E-state index contributed by atoms with van der Waals surface area (Å²) in [7, 11) is 0. The van der Waals surface area contributed by atoms with Gasteiger partial charge in [-0.1, -0.05) is 6.08 Å². The van der Waals surface area contributed by atoms with E-state index in [0.29, 0.717) is 0 Å². The molecule has 0 aromatic heterocycles. The Bertz CT molecular complexity index is 207. The standard InChI is InChI=1S/C6H8F3NO2.ClH/c1-2-3-5(10,4(11)12)6(7,8)9;/h2H,1,3,10H2,(H,11,12);1H. The summed E-state index contributed by atoms with van der Waals surface area (Å²) in [5.74, 6) is -2.10. The third-order valence-electron chi connectivity index (χ3n) is 1.35. The van der Waals surface area contributed by atoms with Crippen molar-refractivity contribution in [2.45, 2.75) is 18.1 Å². The first-order chi connectivity index (χ1) is 5.25. The molecule has 78 valence electrons. The smallest absolute Gasteiger partial charge is 0.417 e. The highest BCUT2D eigenvalue weighted by Gasteiger charge is 2.57. The van der Waals surface area contributed by atoms with Gasteiger partial charge in [0.15, 0.2) is 0 Å². The van der Waals surface area contributed by atoms with Crippen molar-refractivity contribution in [2.24, 2.45) is 5.73 Å². The average Bonchev–Trinajstić information content (AvgIpc) is 1.85. The maximum absolute atomic E-state index is 12.0. The average molecular weight is 220 g/mol. The van der Waals surface area contributed by atoms with E-state index in [2.05, 4.69) is 12.3 Å². The zero-order valence-electron chi connectivity index (χ0n) is 6.47. The summed E-state index contributed by atoms with van der Waals surface area (Å²) in [6.45, 7) is 3.00. The summed E-state index contributed by atoms with van der Waals surface area (Å²) < 4.78 is 36.0. The molecule has 0 fully saturated rings. The van der Waals surface area contributed by atoms with Gasteiger partial charge in [0.2, 0.25) is 5.54 Å². The highest BCUT2D eigenvalue weighted by atomic mass is 35.5. The van der Waals surface area contributed by atoms with Crippen molar-refractivity contribution < 1.29 is 23.1 Å². The molecule has 3 nitrogen and oxygen atoms in total. The molecule has 0 saturated carbocycles. The number of aliphatic carboxylic acids is 1. The Balaban J connectivity index is 0. The normalized spacial score (nSPS) is 15.4. The largest absolute Gasteiger partial charge is 0.480 e. The SMILES string of the molecule is C=CCC(N)(C(=O)O)C(F)(F)F.Cl. The van der Waals surface area contributed by atoms with Crippen LogP contribution in [0.25, 0.3) is 0 Å². The number of nitrogens with two attached hydrogens (primary N) is 1. The lowest BCUT2D eigenvalue weighted by Gasteiger charge is -2.25. The van der Waals surface area contributed by atoms with Crippen molar-refractivity contribution >= 4 is 18.4 Å². The molecule has 0 heterocycles. The van der Waals surface area contributed by atoms with E-state index >= 15 is 0 Å². The first-order valence-electron chi connectivity index (χ1n) is 2.95. The van der Waals surface area contributed by atoms with Crippen LogP contribution in [-0.2, 0) is 4.79 Å². The minimum absolute atomic E-state index is 0. The quantitative estimate of drug-likeness (QED) is 0.704.